The SMILES string of the molecule is Cc1cc(N2CC(Cn3nc4c(cc3=O)CCC4)C2)n2nc(C)cc2n1. The number of fused-ring (bicyclic) bond motifs is 2. The van der Waals surface area contributed by atoms with E-state index in [0.29, 0.717) is 12.5 Å². The molecular formula is C19H22N6O. The molecule has 0 unspecified atom stereocenters. The van der Waals surface area contributed by atoms with E-state index in [1.807, 2.05) is 24.4 Å². The van der Waals surface area contributed by atoms with Gasteiger partial charge in [0.1, 0.15) is 5.82 Å². The van der Waals surface area contributed by atoms with Crippen LogP contribution in [0.4, 0.5) is 5.82 Å². The van der Waals surface area contributed by atoms with Crippen LogP contribution in [0.3, 0.4) is 0 Å². The Morgan fingerprint density at radius 3 is 2.77 bits per heavy atom. The predicted molar refractivity (Wildman–Crippen MR) is 98.7 cm³/mol. The van der Waals surface area contributed by atoms with Gasteiger partial charge in [0, 0.05) is 42.9 Å². The number of rotatable bonds is 3. The molecule has 5 rings (SSSR count). The fourth-order valence-electron chi connectivity index (χ4n) is 4.11. The van der Waals surface area contributed by atoms with Gasteiger partial charge in [-0.1, -0.05) is 0 Å². The van der Waals surface area contributed by atoms with Crippen LogP contribution in [0.5, 0.6) is 0 Å². The first-order valence-electron chi connectivity index (χ1n) is 9.26. The minimum absolute atomic E-state index is 0.0361. The van der Waals surface area contributed by atoms with E-state index >= 15 is 0 Å². The van der Waals surface area contributed by atoms with Crippen molar-refractivity contribution in [2.24, 2.45) is 5.92 Å². The molecule has 7 nitrogen and oxygen atoms in total. The van der Waals surface area contributed by atoms with Crippen molar-refractivity contribution >= 4 is 11.5 Å². The summed E-state index contributed by atoms with van der Waals surface area (Å²) in [5.74, 6) is 1.51. The van der Waals surface area contributed by atoms with Crippen molar-refractivity contribution in [1.29, 1.82) is 0 Å². The van der Waals surface area contributed by atoms with E-state index in [4.69, 9.17) is 0 Å². The summed E-state index contributed by atoms with van der Waals surface area (Å²) in [7, 11) is 0. The van der Waals surface area contributed by atoms with Gasteiger partial charge in [0.05, 0.1) is 17.9 Å². The first kappa shape index (κ1) is 15.5. The summed E-state index contributed by atoms with van der Waals surface area (Å²) in [6.07, 6.45) is 3.11. The Balaban J connectivity index is 1.35. The average molecular weight is 350 g/mol. The Labute approximate surface area is 151 Å². The number of hydrogen-bond donors (Lipinski definition) is 0. The Morgan fingerprint density at radius 2 is 1.92 bits per heavy atom. The van der Waals surface area contributed by atoms with E-state index in [0.717, 1.165) is 66.5 Å². The summed E-state index contributed by atoms with van der Waals surface area (Å²) in [4.78, 5) is 19.1. The lowest BCUT2D eigenvalue weighted by atomic mass is 10.00. The maximum atomic E-state index is 12.3. The molecule has 0 aromatic carbocycles. The van der Waals surface area contributed by atoms with Crippen molar-refractivity contribution in [2.75, 3.05) is 18.0 Å². The highest BCUT2D eigenvalue weighted by molar-refractivity contribution is 5.53. The highest BCUT2D eigenvalue weighted by Crippen LogP contribution is 2.27. The molecule has 0 atom stereocenters. The second kappa shape index (κ2) is 5.65. The van der Waals surface area contributed by atoms with Gasteiger partial charge in [0.25, 0.3) is 5.56 Å². The molecule has 0 bridgehead atoms. The normalized spacial score (nSPS) is 16.9. The van der Waals surface area contributed by atoms with Crippen LogP contribution in [0.1, 0.15) is 29.1 Å². The summed E-state index contributed by atoms with van der Waals surface area (Å²) < 4.78 is 3.58. The fraction of sp³-hybridized carbons (Fsp3) is 0.474. The third kappa shape index (κ3) is 2.50. The topological polar surface area (TPSA) is 68.3 Å². The molecule has 1 saturated heterocycles. The summed E-state index contributed by atoms with van der Waals surface area (Å²) in [6, 6.07) is 5.87. The maximum Gasteiger partial charge on any atom is 0.267 e. The Morgan fingerprint density at radius 1 is 1.08 bits per heavy atom. The highest BCUT2D eigenvalue weighted by Gasteiger charge is 2.30. The molecular weight excluding hydrogens is 328 g/mol. The van der Waals surface area contributed by atoms with E-state index in [-0.39, 0.29) is 5.56 Å². The Hall–Kier alpha value is -2.70. The van der Waals surface area contributed by atoms with Gasteiger partial charge in [0.2, 0.25) is 0 Å². The number of aryl methyl sites for hydroxylation is 4. The molecule has 0 N–H and O–H groups in total. The third-order valence-corrected chi connectivity index (χ3v) is 5.39. The molecule has 0 radical (unpaired) electrons. The second-order valence-corrected chi connectivity index (χ2v) is 7.57. The molecule has 134 valence electrons. The van der Waals surface area contributed by atoms with Crippen molar-refractivity contribution in [1.82, 2.24) is 24.4 Å². The van der Waals surface area contributed by atoms with Crippen LogP contribution in [-0.4, -0.2) is 37.5 Å². The van der Waals surface area contributed by atoms with Gasteiger partial charge in [0.15, 0.2) is 5.65 Å². The number of aromatic nitrogens is 5. The second-order valence-electron chi connectivity index (χ2n) is 7.57. The van der Waals surface area contributed by atoms with Crippen LogP contribution in [0.2, 0.25) is 0 Å². The largest absolute Gasteiger partial charge is 0.356 e. The zero-order valence-electron chi connectivity index (χ0n) is 15.1. The van der Waals surface area contributed by atoms with Gasteiger partial charge in [-0.3, -0.25) is 4.79 Å². The molecule has 2 aliphatic rings. The summed E-state index contributed by atoms with van der Waals surface area (Å²) >= 11 is 0. The Bertz CT molecular complexity index is 1060. The van der Waals surface area contributed by atoms with E-state index in [2.05, 4.69) is 26.1 Å². The molecule has 7 heteroatoms. The molecule has 1 fully saturated rings. The molecule has 3 aromatic heterocycles. The van der Waals surface area contributed by atoms with Crippen LogP contribution >= 0.6 is 0 Å². The van der Waals surface area contributed by atoms with Gasteiger partial charge in [-0.05, 0) is 38.7 Å². The van der Waals surface area contributed by atoms with Crippen LogP contribution in [-0.2, 0) is 19.4 Å². The Kier molecular flexibility index (Phi) is 3.38. The van der Waals surface area contributed by atoms with Crippen LogP contribution in [0.15, 0.2) is 23.0 Å². The fourth-order valence-corrected chi connectivity index (χ4v) is 4.11. The van der Waals surface area contributed by atoms with Gasteiger partial charge >= 0.3 is 0 Å². The number of anilines is 1. The molecule has 0 spiro atoms. The highest BCUT2D eigenvalue weighted by atomic mass is 16.1. The van der Waals surface area contributed by atoms with Crippen molar-refractivity contribution in [3.05, 3.63) is 51.2 Å². The standard InChI is InChI=1S/C19H22N6O/c1-12-7-18(25-17(20-12)6-13(2)21-25)23-9-14(10-23)11-24-19(26)8-15-4-3-5-16(15)22-24/h6-8,14H,3-5,9-11H2,1-2H3. The lowest BCUT2D eigenvalue weighted by Crippen LogP contribution is -2.50. The molecule has 0 amide bonds. The van der Waals surface area contributed by atoms with Gasteiger partial charge in [-0.15, -0.1) is 0 Å². The third-order valence-electron chi connectivity index (χ3n) is 5.39. The van der Waals surface area contributed by atoms with Crippen LogP contribution in [0.25, 0.3) is 5.65 Å². The predicted octanol–water partition coefficient (Wildman–Crippen LogP) is 1.53. The van der Waals surface area contributed by atoms with Crippen molar-refractivity contribution in [3.63, 3.8) is 0 Å². The van der Waals surface area contributed by atoms with E-state index in [9.17, 15) is 4.79 Å². The summed E-state index contributed by atoms with van der Waals surface area (Å²) in [5, 5.41) is 9.16. The van der Waals surface area contributed by atoms with E-state index < -0.39 is 0 Å². The van der Waals surface area contributed by atoms with Crippen molar-refractivity contribution in [2.45, 2.75) is 39.7 Å². The quantitative estimate of drug-likeness (QED) is 0.717. The average Bonchev–Trinajstić information content (AvgIpc) is 3.14. The van der Waals surface area contributed by atoms with E-state index in [1.165, 1.54) is 0 Å². The summed E-state index contributed by atoms with van der Waals surface area (Å²) in [5.41, 5.74) is 5.14. The van der Waals surface area contributed by atoms with Gasteiger partial charge in [-0.2, -0.15) is 14.7 Å². The zero-order chi connectivity index (χ0) is 17.8. The molecule has 1 aliphatic carbocycles. The van der Waals surface area contributed by atoms with Crippen molar-refractivity contribution in [3.8, 4) is 0 Å². The zero-order valence-corrected chi connectivity index (χ0v) is 15.1. The monoisotopic (exact) mass is 350 g/mol. The van der Waals surface area contributed by atoms with Gasteiger partial charge in [-0.25, -0.2) is 9.67 Å². The van der Waals surface area contributed by atoms with Crippen LogP contribution in [0, 0.1) is 19.8 Å². The minimum Gasteiger partial charge on any atom is -0.356 e. The van der Waals surface area contributed by atoms with Crippen molar-refractivity contribution < 1.29 is 0 Å². The molecule has 4 heterocycles. The molecule has 1 aliphatic heterocycles. The lowest BCUT2D eigenvalue weighted by molar-refractivity contribution is 0.330. The molecule has 3 aromatic rings. The number of nitrogens with zero attached hydrogens (tertiary/aromatic N) is 6. The smallest absolute Gasteiger partial charge is 0.267 e. The van der Waals surface area contributed by atoms with Gasteiger partial charge < -0.3 is 4.90 Å². The molecule has 0 saturated carbocycles. The first-order chi connectivity index (χ1) is 12.6. The molecule has 26 heavy (non-hydrogen) atoms. The maximum absolute atomic E-state index is 12.3. The lowest BCUT2D eigenvalue weighted by Gasteiger charge is -2.40. The summed E-state index contributed by atoms with van der Waals surface area (Å²) in [6.45, 7) is 6.50. The van der Waals surface area contributed by atoms with Crippen LogP contribution < -0.4 is 10.5 Å². The minimum atomic E-state index is 0.0361. The number of hydrogen-bond acceptors (Lipinski definition) is 5. The first-order valence-corrected chi connectivity index (χ1v) is 9.26. The van der Waals surface area contributed by atoms with E-state index in [1.54, 1.807) is 10.7 Å².